The summed E-state index contributed by atoms with van der Waals surface area (Å²) in [6.07, 6.45) is 6.15. The smallest absolute Gasteiger partial charge is 0.264 e. The Morgan fingerprint density at radius 2 is 1.38 bits per heavy atom. The Morgan fingerprint density at radius 3 is 2.00 bits per heavy atom. The fourth-order valence-electron chi connectivity index (χ4n) is 6.03. The summed E-state index contributed by atoms with van der Waals surface area (Å²) in [4.78, 5) is 30.5. The van der Waals surface area contributed by atoms with Crippen LogP contribution in [0.2, 0.25) is 0 Å². The van der Waals surface area contributed by atoms with Crippen LogP contribution < -0.4 is 9.62 Å². The SMILES string of the molecule is CCc1ccc(N(CC(=O)N(Cc2ccc(Br)cc2)C(Cc2ccccc2)C(=O)NC2CCCCC2)S(=O)(=O)c2ccccc2)cc1. The molecule has 1 N–H and O–H groups in total. The molecule has 4 aromatic carbocycles. The fraction of sp³-hybridized carbons (Fsp3) is 0.316. The third kappa shape index (κ3) is 9.11. The summed E-state index contributed by atoms with van der Waals surface area (Å²) in [5.74, 6) is -0.692. The molecule has 7 nitrogen and oxygen atoms in total. The number of nitrogens with zero attached hydrogens (tertiary/aromatic N) is 2. The van der Waals surface area contributed by atoms with Gasteiger partial charge in [-0.2, -0.15) is 0 Å². The van der Waals surface area contributed by atoms with Gasteiger partial charge in [-0.3, -0.25) is 13.9 Å². The maximum atomic E-state index is 14.7. The van der Waals surface area contributed by atoms with Crippen molar-refractivity contribution in [3.05, 3.63) is 130 Å². The average Bonchev–Trinajstić information content (AvgIpc) is 3.10. The Labute approximate surface area is 287 Å². The maximum Gasteiger partial charge on any atom is 0.264 e. The van der Waals surface area contributed by atoms with Crippen molar-refractivity contribution in [2.75, 3.05) is 10.8 Å². The maximum absolute atomic E-state index is 14.7. The molecule has 0 aromatic heterocycles. The summed E-state index contributed by atoms with van der Waals surface area (Å²) in [5.41, 5.74) is 3.18. The van der Waals surface area contributed by atoms with Crippen molar-refractivity contribution >= 4 is 43.5 Å². The third-order valence-electron chi connectivity index (χ3n) is 8.73. The number of anilines is 1. The molecule has 1 unspecified atom stereocenters. The molecule has 0 radical (unpaired) electrons. The van der Waals surface area contributed by atoms with Crippen LogP contribution in [0.15, 0.2) is 119 Å². The number of hydrogen-bond acceptors (Lipinski definition) is 4. The highest BCUT2D eigenvalue weighted by atomic mass is 79.9. The lowest BCUT2D eigenvalue weighted by atomic mass is 9.94. The van der Waals surface area contributed by atoms with E-state index in [9.17, 15) is 18.0 Å². The van der Waals surface area contributed by atoms with E-state index in [0.29, 0.717) is 5.69 Å². The van der Waals surface area contributed by atoms with Crippen LogP contribution in [0.4, 0.5) is 5.69 Å². The molecule has 47 heavy (non-hydrogen) atoms. The van der Waals surface area contributed by atoms with Gasteiger partial charge in [0.25, 0.3) is 10.0 Å². The molecule has 0 aliphatic heterocycles. The molecule has 1 saturated carbocycles. The van der Waals surface area contributed by atoms with E-state index in [2.05, 4.69) is 21.2 Å². The van der Waals surface area contributed by atoms with Crippen LogP contribution in [0.1, 0.15) is 55.7 Å². The van der Waals surface area contributed by atoms with Gasteiger partial charge in [0.05, 0.1) is 10.6 Å². The lowest BCUT2D eigenvalue weighted by Crippen LogP contribution is -2.55. The fourth-order valence-corrected chi connectivity index (χ4v) is 7.73. The summed E-state index contributed by atoms with van der Waals surface area (Å²) in [5, 5.41) is 3.25. The molecular formula is C38H42BrN3O4S. The van der Waals surface area contributed by atoms with Crippen LogP contribution >= 0.6 is 15.9 Å². The summed E-state index contributed by atoms with van der Waals surface area (Å²) < 4.78 is 30.4. The lowest BCUT2D eigenvalue weighted by Gasteiger charge is -2.35. The van der Waals surface area contributed by atoms with Gasteiger partial charge in [0.1, 0.15) is 12.6 Å². The molecule has 2 amide bonds. The number of carbonyl (C=O) groups excluding carboxylic acids is 2. The Kier molecular flexibility index (Phi) is 11.9. The van der Waals surface area contributed by atoms with Crippen LogP contribution in [-0.2, 0) is 39.0 Å². The van der Waals surface area contributed by atoms with E-state index in [0.717, 1.165) is 64.0 Å². The minimum Gasteiger partial charge on any atom is -0.352 e. The number of halogens is 1. The van der Waals surface area contributed by atoms with Crippen LogP contribution in [-0.4, -0.2) is 43.8 Å². The normalized spacial score (nSPS) is 14.3. The number of benzene rings is 4. The van der Waals surface area contributed by atoms with E-state index in [-0.39, 0.29) is 29.8 Å². The standard InChI is InChI=1S/C38H42BrN3O4S/c1-2-29-20-24-34(25-21-29)42(47(45,46)35-16-10-5-11-17-35)28-37(43)41(27-31-18-22-32(39)23-19-31)36(26-30-12-6-3-7-13-30)38(44)40-33-14-8-4-9-15-33/h3,5-7,10-13,16-25,33,36H,2,4,8-9,14-15,26-28H2,1H3,(H,40,44). The molecular weight excluding hydrogens is 674 g/mol. The molecule has 4 aromatic rings. The molecule has 246 valence electrons. The van der Waals surface area contributed by atoms with Crippen LogP contribution in [0.25, 0.3) is 0 Å². The zero-order valence-electron chi connectivity index (χ0n) is 26.7. The zero-order valence-corrected chi connectivity index (χ0v) is 29.1. The predicted molar refractivity (Wildman–Crippen MR) is 190 cm³/mol. The first-order valence-electron chi connectivity index (χ1n) is 16.3. The summed E-state index contributed by atoms with van der Waals surface area (Å²) in [6.45, 7) is 1.69. The highest BCUT2D eigenvalue weighted by Crippen LogP contribution is 2.26. The highest BCUT2D eigenvalue weighted by molar-refractivity contribution is 9.10. The van der Waals surface area contributed by atoms with Gasteiger partial charge in [-0.15, -0.1) is 0 Å². The number of carbonyl (C=O) groups is 2. The summed E-state index contributed by atoms with van der Waals surface area (Å²) >= 11 is 3.49. The molecule has 5 rings (SSSR count). The number of amides is 2. The molecule has 1 aliphatic carbocycles. The first-order valence-corrected chi connectivity index (χ1v) is 18.5. The monoisotopic (exact) mass is 715 g/mol. The van der Waals surface area contributed by atoms with E-state index >= 15 is 0 Å². The minimum absolute atomic E-state index is 0.0474. The van der Waals surface area contributed by atoms with Crippen molar-refractivity contribution in [1.82, 2.24) is 10.2 Å². The van der Waals surface area contributed by atoms with Crippen molar-refractivity contribution in [2.45, 2.75) is 75.4 Å². The van der Waals surface area contributed by atoms with Gasteiger partial charge in [-0.1, -0.05) is 115 Å². The second kappa shape index (κ2) is 16.2. The van der Waals surface area contributed by atoms with E-state index in [4.69, 9.17) is 0 Å². The summed E-state index contributed by atoms with van der Waals surface area (Å²) in [7, 11) is -4.13. The average molecular weight is 717 g/mol. The first-order chi connectivity index (χ1) is 22.7. The van der Waals surface area contributed by atoms with E-state index in [1.54, 1.807) is 35.2 Å². The van der Waals surface area contributed by atoms with Crippen molar-refractivity contribution in [1.29, 1.82) is 0 Å². The molecule has 0 saturated heterocycles. The van der Waals surface area contributed by atoms with Crippen molar-refractivity contribution in [2.24, 2.45) is 0 Å². The van der Waals surface area contributed by atoms with Gasteiger partial charge in [0.2, 0.25) is 11.8 Å². The highest BCUT2D eigenvalue weighted by Gasteiger charge is 2.35. The molecule has 0 bridgehead atoms. The second-order valence-corrected chi connectivity index (χ2v) is 14.8. The molecule has 0 heterocycles. The molecule has 1 aliphatic rings. The van der Waals surface area contributed by atoms with Crippen LogP contribution in [0.3, 0.4) is 0 Å². The summed E-state index contributed by atoms with van der Waals surface area (Å²) in [6, 6.07) is 31.8. The number of aryl methyl sites for hydroxylation is 1. The van der Waals surface area contributed by atoms with Gasteiger partial charge in [-0.05, 0) is 72.4 Å². The van der Waals surface area contributed by atoms with Crippen molar-refractivity contribution in [3.8, 4) is 0 Å². The number of hydrogen-bond donors (Lipinski definition) is 1. The minimum atomic E-state index is -4.13. The number of nitrogens with one attached hydrogen (secondary N) is 1. The Hall–Kier alpha value is -3.95. The topological polar surface area (TPSA) is 86.8 Å². The second-order valence-electron chi connectivity index (χ2n) is 12.0. The van der Waals surface area contributed by atoms with Gasteiger partial charge in [-0.25, -0.2) is 8.42 Å². The molecule has 9 heteroatoms. The molecule has 1 atom stereocenters. The van der Waals surface area contributed by atoms with Crippen LogP contribution in [0.5, 0.6) is 0 Å². The lowest BCUT2D eigenvalue weighted by molar-refractivity contribution is -0.140. The number of sulfonamides is 1. The number of rotatable bonds is 13. The predicted octanol–water partition coefficient (Wildman–Crippen LogP) is 7.30. The van der Waals surface area contributed by atoms with E-state index in [1.807, 2.05) is 73.7 Å². The Balaban J connectivity index is 1.55. The third-order valence-corrected chi connectivity index (χ3v) is 11.0. The quantitative estimate of drug-likeness (QED) is 0.158. The Bertz CT molecular complexity index is 1710. The molecule has 0 spiro atoms. The zero-order chi connectivity index (χ0) is 33.2. The Morgan fingerprint density at radius 1 is 0.787 bits per heavy atom. The van der Waals surface area contributed by atoms with Crippen molar-refractivity contribution < 1.29 is 18.0 Å². The van der Waals surface area contributed by atoms with Crippen LogP contribution in [0, 0.1) is 0 Å². The van der Waals surface area contributed by atoms with Crippen molar-refractivity contribution in [3.63, 3.8) is 0 Å². The molecule has 1 fully saturated rings. The van der Waals surface area contributed by atoms with E-state index < -0.39 is 28.5 Å². The van der Waals surface area contributed by atoms with E-state index in [1.165, 1.54) is 12.1 Å². The largest absolute Gasteiger partial charge is 0.352 e. The van der Waals surface area contributed by atoms with Gasteiger partial charge < -0.3 is 10.2 Å². The van der Waals surface area contributed by atoms with Gasteiger partial charge in [0, 0.05) is 23.5 Å². The van der Waals surface area contributed by atoms with Gasteiger partial charge in [0.15, 0.2) is 0 Å². The first kappa shape index (κ1) is 34.4. The van der Waals surface area contributed by atoms with Gasteiger partial charge >= 0.3 is 0 Å².